The van der Waals surface area contributed by atoms with E-state index in [9.17, 15) is 9.59 Å². The third kappa shape index (κ3) is 5.26. The summed E-state index contributed by atoms with van der Waals surface area (Å²) in [4.78, 5) is 24.6. The average molecular weight is 349 g/mol. The Labute approximate surface area is 149 Å². The lowest BCUT2D eigenvalue weighted by molar-refractivity contribution is -0.121. The van der Waals surface area contributed by atoms with Crippen LogP contribution in [-0.4, -0.2) is 23.1 Å². The van der Waals surface area contributed by atoms with Gasteiger partial charge in [0.2, 0.25) is 11.8 Å². The first-order valence-corrected chi connectivity index (χ1v) is 9.59. The number of carbonyl (C=O) groups excluding carboxylic acids is 2. The monoisotopic (exact) mass is 348 g/mol. The number of anilines is 1. The van der Waals surface area contributed by atoms with Crippen molar-refractivity contribution in [2.45, 2.75) is 63.1 Å². The van der Waals surface area contributed by atoms with Crippen molar-refractivity contribution in [2.24, 2.45) is 11.8 Å². The lowest BCUT2D eigenvalue weighted by Crippen LogP contribution is -2.46. The highest BCUT2D eigenvalue weighted by Crippen LogP contribution is 2.30. The molecule has 1 fully saturated rings. The molecule has 5 heteroatoms. The molecule has 0 bridgehead atoms. The van der Waals surface area contributed by atoms with Crippen molar-refractivity contribution >= 4 is 29.3 Å². The second-order valence-electron chi connectivity index (χ2n) is 6.85. The van der Waals surface area contributed by atoms with E-state index in [4.69, 9.17) is 0 Å². The minimum absolute atomic E-state index is 0.0843. The van der Waals surface area contributed by atoms with Crippen LogP contribution < -0.4 is 10.6 Å². The fourth-order valence-corrected chi connectivity index (χ4v) is 4.04. The van der Waals surface area contributed by atoms with Gasteiger partial charge in [0.25, 0.3) is 0 Å². The zero-order valence-electron chi connectivity index (χ0n) is 15.0. The first-order valence-electron chi connectivity index (χ1n) is 8.71. The van der Waals surface area contributed by atoms with Gasteiger partial charge in [-0.3, -0.25) is 9.59 Å². The molecular formula is C19H28N2O2S. The summed E-state index contributed by atoms with van der Waals surface area (Å²) >= 11 is 1.55. The van der Waals surface area contributed by atoms with E-state index < -0.39 is 0 Å². The zero-order valence-corrected chi connectivity index (χ0v) is 15.8. The molecule has 0 radical (unpaired) electrons. The first kappa shape index (κ1) is 18.8. The molecule has 132 valence electrons. The molecule has 4 unspecified atom stereocenters. The Morgan fingerprint density at radius 1 is 1.17 bits per heavy atom. The van der Waals surface area contributed by atoms with E-state index in [0.29, 0.717) is 17.9 Å². The maximum atomic E-state index is 12.5. The van der Waals surface area contributed by atoms with Crippen LogP contribution >= 0.6 is 11.8 Å². The summed E-state index contributed by atoms with van der Waals surface area (Å²) < 4.78 is 0. The molecule has 1 saturated carbocycles. The Morgan fingerprint density at radius 2 is 1.83 bits per heavy atom. The molecule has 0 heterocycles. The van der Waals surface area contributed by atoms with Gasteiger partial charge >= 0.3 is 0 Å². The number of rotatable bonds is 5. The predicted molar refractivity (Wildman–Crippen MR) is 100 cm³/mol. The van der Waals surface area contributed by atoms with Gasteiger partial charge in [-0.1, -0.05) is 26.7 Å². The van der Waals surface area contributed by atoms with Crippen LogP contribution in [0.25, 0.3) is 0 Å². The van der Waals surface area contributed by atoms with Crippen LogP contribution in [0.1, 0.15) is 47.0 Å². The molecule has 4 atom stereocenters. The lowest BCUT2D eigenvalue weighted by atomic mass is 9.78. The van der Waals surface area contributed by atoms with Crippen LogP contribution in [0, 0.1) is 11.8 Å². The van der Waals surface area contributed by atoms with E-state index in [1.165, 1.54) is 19.8 Å². The lowest BCUT2D eigenvalue weighted by Gasteiger charge is -2.35. The van der Waals surface area contributed by atoms with Crippen molar-refractivity contribution in [1.29, 1.82) is 0 Å². The third-order valence-electron chi connectivity index (χ3n) is 4.89. The van der Waals surface area contributed by atoms with Crippen molar-refractivity contribution in [3.8, 4) is 0 Å². The van der Waals surface area contributed by atoms with Crippen molar-refractivity contribution < 1.29 is 9.59 Å². The largest absolute Gasteiger partial charge is 0.352 e. The summed E-state index contributed by atoms with van der Waals surface area (Å²) in [6, 6.07) is 7.89. The summed E-state index contributed by atoms with van der Waals surface area (Å²) in [7, 11) is 0. The fourth-order valence-electron chi connectivity index (χ4n) is 3.16. The Kier molecular flexibility index (Phi) is 6.72. The quantitative estimate of drug-likeness (QED) is 0.789. The predicted octanol–water partition coefficient (Wildman–Crippen LogP) is 4.07. The van der Waals surface area contributed by atoms with Crippen LogP contribution in [0.2, 0.25) is 0 Å². The summed E-state index contributed by atoms with van der Waals surface area (Å²) in [5.74, 6) is 1.24. The summed E-state index contributed by atoms with van der Waals surface area (Å²) in [5, 5.41) is 5.85. The van der Waals surface area contributed by atoms with Crippen molar-refractivity contribution in [1.82, 2.24) is 5.32 Å². The molecule has 0 saturated heterocycles. The Bertz CT molecular complexity index is 573. The van der Waals surface area contributed by atoms with E-state index in [1.807, 2.05) is 31.2 Å². The fraction of sp³-hybridized carbons (Fsp3) is 0.579. The minimum Gasteiger partial charge on any atom is -0.352 e. The third-order valence-corrected chi connectivity index (χ3v) is 6.00. The van der Waals surface area contributed by atoms with E-state index >= 15 is 0 Å². The molecule has 1 aliphatic rings. The Balaban J connectivity index is 1.88. The number of amides is 2. The van der Waals surface area contributed by atoms with Crippen LogP contribution in [-0.2, 0) is 9.59 Å². The molecule has 4 nitrogen and oxygen atoms in total. The Morgan fingerprint density at radius 3 is 2.46 bits per heavy atom. The molecule has 2 amide bonds. The number of nitrogens with one attached hydrogen (secondary N) is 2. The minimum atomic E-state index is -0.138. The number of carbonyl (C=O) groups is 2. The van der Waals surface area contributed by atoms with Crippen molar-refractivity contribution in [3.05, 3.63) is 24.3 Å². The molecule has 0 aliphatic heterocycles. The molecule has 0 aromatic heterocycles. The van der Waals surface area contributed by atoms with Gasteiger partial charge < -0.3 is 10.6 Å². The number of hydrogen-bond donors (Lipinski definition) is 2. The molecule has 2 rings (SSSR count). The highest BCUT2D eigenvalue weighted by molar-refractivity contribution is 8.00. The van der Waals surface area contributed by atoms with Gasteiger partial charge in [0, 0.05) is 23.5 Å². The van der Waals surface area contributed by atoms with Gasteiger partial charge in [-0.05, 0) is 49.4 Å². The maximum Gasteiger partial charge on any atom is 0.233 e. The number of hydrogen-bond acceptors (Lipinski definition) is 3. The van der Waals surface area contributed by atoms with E-state index in [-0.39, 0.29) is 17.1 Å². The van der Waals surface area contributed by atoms with Gasteiger partial charge in [-0.25, -0.2) is 0 Å². The van der Waals surface area contributed by atoms with Crippen LogP contribution in [0.3, 0.4) is 0 Å². The Hall–Kier alpha value is -1.49. The second-order valence-corrected chi connectivity index (χ2v) is 8.26. The van der Waals surface area contributed by atoms with E-state index in [2.05, 4.69) is 24.5 Å². The zero-order chi connectivity index (χ0) is 17.7. The molecule has 24 heavy (non-hydrogen) atoms. The van der Waals surface area contributed by atoms with Gasteiger partial charge in [0.15, 0.2) is 0 Å². The summed E-state index contributed by atoms with van der Waals surface area (Å²) in [5.41, 5.74) is 0.772. The van der Waals surface area contributed by atoms with Gasteiger partial charge in [0.05, 0.1) is 5.25 Å². The van der Waals surface area contributed by atoms with E-state index in [1.54, 1.807) is 11.8 Å². The van der Waals surface area contributed by atoms with Crippen LogP contribution in [0.4, 0.5) is 5.69 Å². The van der Waals surface area contributed by atoms with Gasteiger partial charge in [0.1, 0.15) is 0 Å². The molecule has 0 spiro atoms. The molecule has 2 N–H and O–H groups in total. The average Bonchev–Trinajstić information content (AvgIpc) is 2.53. The smallest absolute Gasteiger partial charge is 0.233 e. The summed E-state index contributed by atoms with van der Waals surface area (Å²) in [6.07, 6.45) is 3.54. The molecular weight excluding hydrogens is 320 g/mol. The van der Waals surface area contributed by atoms with Crippen LogP contribution in [0.5, 0.6) is 0 Å². The first-order chi connectivity index (χ1) is 11.4. The molecule has 1 aliphatic carbocycles. The highest BCUT2D eigenvalue weighted by Gasteiger charge is 2.29. The topological polar surface area (TPSA) is 58.2 Å². The van der Waals surface area contributed by atoms with Crippen molar-refractivity contribution in [2.75, 3.05) is 5.32 Å². The van der Waals surface area contributed by atoms with Crippen molar-refractivity contribution in [3.63, 3.8) is 0 Å². The van der Waals surface area contributed by atoms with Gasteiger partial charge in [-0.2, -0.15) is 0 Å². The highest BCUT2D eigenvalue weighted by atomic mass is 32.2. The molecule has 1 aromatic carbocycles. The second kappa shape index (κ2) is 8.56. The van der Waals surface area contributed by atoms with E-state index in [0.717, 1.165) is 17.0 Å². The summed E-state index contributed by atoms with van der Waals surface area (Å²) in [6.45, 7) is 7.95. The SMILES string of the molecule is CC(=O)Nc1ccc(SC(C)C(=O)NC2CCCC(C)C2C)cc1. The standard InChI is InChI=1S/C19H28N2O2S/c1-12-6-5-7-18(13(12)2)21-19(23)14(3)24-17-10-8-16(9-11-17)20-15(4)22/h8-14,18H,5-7H2,1-4H3,(H,20,22)(H,21,23). The van der Waals surface area contributed by atoms with Gasteiger partial charge in [-0.15, -0.1) is 11.8 Å². The number of benzene rings is 1. The number of thioether (sulfide) groups is 1. The van der Waals surface area contributed by atoms with Crippen LogP contribution in [0.15, 0.2) is 29.2 Å². The molecule has 1 aromatic rings. The maximum absolute atomic E-state index is 12.5. The normalized spacial score (nSPS) is 24.9.